The van der Waals surface area contributed by atoms with E-state index in [0.29, 0.717) is 18.5 Å². The van der Waals surface area contributed by atoms with Crippen LogP contribution < -0.4 is 20.1 Å². The van der Waals surface area contributed by atoms with Crippen LogP contribution in [0.5, 0.6) is 11.5 Å². The minimum Gasteiger partial charge on any atom is -0.493 e. The number of nitrogens with one attached hydrogen (secondary N) is 2. The van der Waals surface area contributed by atoms with Crippen molar-refractivity contribution in [3.63, 3.8) is 0 Å². The molecule has 2 N–H and O–H groups in total. The fourth-order valence-electron chi connectivity index (χ4n) is 3.62. The standard InChI is InChI=1S/C21H36N4O2/c1-16(2)12-18(25-10-6-7-11-25)15-24-21(22-3)23-14-17-8-9-19(26-4)20(13-17)27-5/h8-9,13,16,18H,6-7,10-12,14-15H2,1-5H3,(H2,22,23,24). The molecule has 27 heavy (non-hydrogen) atoms. The van der Waals surface area contributed by atoms with Crippen molar-refractivity contribution in [1.29, 1.82) is 0 Å². The summed E-state index contributed by atoms with van der Waals surface area (Å²) in [7, 11) is 5.12. The lowest BCUT2D eigenvalue weighted by Crippen LogP contribution is -2.46. The van der Waals surface area contributed by atoms with E-state index in [9.17, 15) is 0 Å². The molecule has 1 unspecified atom stereocenters. The molecule has 1 aliphatic rings. The molecule has 152 valence electrons. The number of aliphatic imine (C=N–C) groups is 1. The second-order valence-corrected chi connectivity index (χ2v) is 7.52. The average molecular weight is 377 g/mol. The number of nitrogens with zero attached hydrogens (tertiary/aromatic N) is 2. The number of guanidine groups is 1. The number of rotatable bonds is 9. The Kier molecular flexibility index (Phi) is 8.72. The predicted molar refractivity (Wildman–Crippen MR) is 112 cm³/mol. The maximum Gasteiger partial charge on any atom is 0.191 e. The topological polar surface area (TPSA) is 58.1 Å². The second-order valence-electron chi connectivity index (χ2n) is 7.52. The van der Waals surface area contributed by atoms with Crippen LogP contribution in [0.2, 0.25) is 0 Å². The van der Waals surface area contributed by atoms with Crippen molar-refractivity contribution in [2.45, 2.75) is 45.7 Å². The average Bonchev–Trinajstić information content (AvgIpc) is 3.21. The van der Waals surface area contributed by atoms with Crippen molar-refractivity contribution in [3.8, 4) is 11.5 Å². The molecule has 6 nitrogen and oxygen atoms in total. The molecule has 0 saturated carbocycles. The molecule has 2 rings (SSSR count). The molecule has 1 saturated heterocycles. The summed E-state index contributed by atoms with van der Waals surface area (Å²) in [5.41, 5.74) is 1.12. The van der Waals surface area contributed by atoms with E-state index in [2.05, 4.69) is 34.4 Å². The highest BCUT2D eigenvalue weighted by Crippen LogP contribution is 2.27. The van der Waals surface area contributed by atoms with E-state index in [0.717, 1.165) is 29.6 Å². The van der Waals surface area contributed by atoms with Gasteiger partial charge in [0, 0.05) is 26.2 Å². The number of methoxy groups -OCH3 is 2. The van der Waals surface area contributed by atoms with Crippen LogP contribution in [0, 0.1) is 5.92 Å². The van der Waals surface area contributed by atoms with E-state index in [4.69, 9.17) is 9.47 Å². The third-order valence-corrected chi connectivity index (χ3v) is 5.04. The van der Waals surface area contributed by atoms with E-state index in [1.54, 1.807) is 14.2 Å². The Labute approximate surface area is 164 Å². The van der Waals surface area contributed by atoms with Crippen LogP contribution in [-0.2, 0) is 6.54 Å². The van der Waals surface area contributed by atoms with Crippen LogP contribution in [0.15, 0.2) is 23.2 Å². The van der Waals surface area contributed by atoms with Crippen molar-refractivity contribution in [1.82, 2.24) is 15.5 Å². The molecule has 1 fully saturated rings. The number of likely N-dealkylation sites (tertiary alicyclic amines) is 1. The molecule has 6 heteroatoms. The summed E-state index contributed by atoms with van der Waals surface area (Å²) in [5, 5.41) is 6.91. The smallest absolute Gasteiger partial charge is 0.191 e. The first-order valence-corrected chi connectivity index (χ1v) is 9.96. The zero-order valence-electron chi connectivity index (χ0n) is 17.5. The molecule has 1 aromatic carbocycles. The fraction of sp³-hybridized carbons (Fsp3) is 0.667. The Morgan fingerprint density at radius 2 is 1.81 bits per heavy atom. The van der Waals surface area contributed by atoms with Gasteiger partial charge in [-0.2, -0.15) is 0 Å². The molecule has 1 aliphatic heterocycles. The van der Waals surface area contributed by atoms with Crippen LogP contribution in [0.4, 0.5) is 0 Å². The molecule has 0 aromatic heterocycles. The van der Waals surface area contributed by atoms with Crippen LogP contribution >= 0.6 is 0 Å². The van der Waals surface area contributed by atoms with Gasteiger partial charge in [-0.1, -0.05) is 19.9 Å². The van der Waals surface area contributed by atoms with Gasteiger partial charge in [0.05, 0.1) is 14.2 Å². The lowest BCUT2D eigenvalue weighted by Gasteiger charge is -2.29. The monoisotopic (exact) mass is 376 g/mol. The highest BCUT2D eigenvalue weighted by Gasteiger charge is 2.22. The van der Waals surface area contributed by atoms with Gasteiger partial charge in [-0.3, -0.25) is 9.89 Å². The first-order chi connectivity index (χ1) is 13.1. The Bertz CT molecular complexity index is 598. The molecule has 0 amide bonds. The molecule has 0 radical (unpaired) electrons. The summed E-state index contributed by atoms with van der Waals surface area (Å²) >= 11 is 0. The van der Waals surface area contributed by atoms with E-state index in [1.165, 1.54) is 32.4 Å². The van der Waals surface area contributed by atoms with Crippen molar-refractivity contribution in [2.24, 2.45) is 10.9 Å². The van der Waals surface area contributed by atoms with Gasteiger partial charge in [-0.05, 0) is 56.0 Å². The van der Waals surface area contributed by atoms with Gasteiger partial charge in [-0.15, -0.1) is 0 Å². The molecular formula is C21H36N4O2. The number of ether oxygens (including phenoxy) is 2. The molecular weight excluding hydrogens is 340 g/mol. The summed E-state index contributed by atoms with van der Waals surface area (Å²) in [5.74, 6) is 3.01. The van der Waals surface area contributed by atoms with Gasteiger partial charge in [0.1, 0.15) is 0 Å². The van der Waals surface area contributed by atoms with Crippen molar-refractivity contribution in [3.05, 3.63) is 23.8 Å². The van der Waals surface area contributed by atoms with Gasteiger partial charge in [0.2, 0.25) is 0 Å². The van der Waals surface area contributed by atoms with Crippen LogP contribution in [0.3, 0.4) is 0 Å². The van der Waals surface area contributed by atoms with Crippen LogP contribution in [0.1, 0.15) is 38.7 Å². The lowest BCUT2D eigenvalue weighted by atomic mass is 10.0. The number of hydrogen-bond acceptors (Lipinski definition) is 4. The first kappa shape index (κ1) is 21.4. The van der Waals surface area contributed by atoms with E-state index in [-0.39, 0.29) is 0 Å². The van der Waals surface area contributed by atoms with Crippen LogP contribution in [-0.4, -0.2) is 57.8 Å². The fourth-order valence-corrected chi connectivity index (χ4v) is 3.62. The van der Waals surface area contributed by atoms with E-state index < -0.39 is 0 Å². The zero-order valence-corrected chi connectivity index (χ0v) is 17.5. The Hall–Kier alpha value is -1.95. The Balaban J connectivity index is 1.89. The van der Waals surface area contributed by atoms with Crippen molar-refractivity contribution < 1.29 is 9.47 Å². The molecule has 0 bridgehead atoms. The predicted octanol–water partition coefficient (Wildman–Crippen LogP) is 2.88. The minimum absolute atomic E-state index is 0.562. The number of benzene rings is 1. The van der Waals surface area contributed by atoms with Crippen molar-refractivity contribution >= 4 is 5.96 Å². The minimum atomic E-state index is 0.562. The molecule has 1 heterocycles. The first-order valence-electron chi connectivity index (χ1n) is 9.96. The van der Waals surface area contributed by atoms with E-state index in [1.807, 2.05) is 25.2 Å². The second kappa shape index (κ2) is 11.0. The highest BCUT2D eigenvalue weighted by atomic mass is 16.5. The van der Waals surface area contributed by atoms with Gasteiger partial charge in [-0.25, -0.2) is 0 Å². The third kappa shape index (κ3) is 6.61. The molecule has 0 aliphatic carbocycles. The summed E-state index contributed by atoms with van der Waals surface area (Å²) in [6.07, 6.45) is 3.85. The molecule has 1 aromatic rings. The maximum atomic E-state index is 5.38. The summed E-state index contributed by atoms with van der Waals surface area (Å²) in [6, 6.07) is 6.52. The third-order valence-electron chi connectivity index (χ3n) is 5.04. The molecule has 0 spiro atoms. The molecule has 1 atom stereocenters. The van der Waals surface area contributed by atoms with Crippen molar-refractivity contribution in [2.75, 3.05) is 40.9 Å². The van der Waals surface area contributed by atoms with Gasteiger partial charge in [0.15, 0.2) is 17.5 Å². The highest BCUT2D eigenvalue weighted by molar-refractivity contribution is 5.79. The summed E-state index contributed by atoms with van der Waals surface area (Å²) < 4.78 is 10.7. The quantitative estimate of drug-likeness (QED) is 0.513. The largest absolute Gasteiger partial charge is 0.493 e. The van der Waals surface area contributed by atoms with Crippen LogP contribution in [0.25, 0.3) is 0 Å². The van der Waals surface area contributed by atoms with E-state index >= 15 is 0 Å². The van der Waals surface area contributed by atoms with Gasteiger partial charge in [0.25, 0.3) is 0 Å². The normalized spacial score (nSPS) is 16.4. The SMILES string of the molecule is CN=C(NCc1ccc(OC)c(OC)c1)NCC(CC(C)C)N1CCCC1. The Morgan fingerprint density at radius 1 is 1.11 bits per heavy atom. The summed E-state index contributed by atoms with van der Waals surface area (Å²) in [4.78, 5) is 7.00. The summed E-state index contributed by atoms with van der Waals surface area (Å²) in [6.45, 7) is 8.64. The maximum absolute atomic E-state index is 5.38. The van der Waals surface area contributed by atoms with Gasteiger partial charge >= 0.3 is 0 Å². The zero-order chi connectivity index (χ0) is 19.6. The lowest BCUT2D eigenvalue weighted by molar-refractivity contribution is 0.213. The Morgan fingerprint density at radius 3 is 2.41 bits per heavy atom. The van der Waals surface area contributed by atoms with Gasteiger partial charge < -0.3 is 20.1 Å². The number of hydrogen-bond donors (Lipinski definition) is 2.